The summed E-state index contributed by atoms with van der Waals surface area (Å²) in [5.41, 5.74) is 0.301. The van der Waals surface area contributed by atoms with Crippen molar-refractivity contribution in [3.8, 4) is 0 Å². The summed E-state index contributed by atoms with van der Waals surface area (Å²) in [4.78, 5) is 28.3. The summed E-state index contributed by atoms with van der Waals surface area (Å²) >= 11 is 0. The molecule has 0 aliphatic carbocycles. The monoisotopic (exact) mass is 222 g/mol. The maximum atomic E-state index is 11.1. The molecule has 0 saturated carbocycles. The average molecular weight is 222 g/mol. The zero-order valence-corrected chi connectivity index (χ0v) is 9.16. The highest BCUT2D eigenvalue weighted by atomic mass is 31.2. The Hall–Kier alpha value is -0.640. The van der Waals surface area contributed by atoms with Crippen LogP contribution in [0.2, 0.25) is 0 Å². The summed E-state index contributed by atoms with van der Waals surface area (Å²) in [6, 6.07) is 0. The van der Waals surface area contributed by atoms with Crippen molar-refractivity contribution in [3.63, 3.8) is 0 Å². The Morgan fingerprint density at radius 1 is 1.43 bits per heavy atom. The molecule has 2 N–H and O–H groups in total. The van der Waals surface area contributed by atoms with Crippen molar-refractivity contribution in [3.05, 3.63) is 11.6 Å². The molecule has 0 aromatic rings. The van der Waals surface area contributed by atoms with Crippen LogP contribution in [0.3, 0.4) is 0 Å². The molecule has 0 saturated heterocycles. The maximum Gasteiger partial charge on any atom is 0.333 e. The van der Waals surface area contributed by atoms with Crippen LogP contribution in [-0.2, 0) is 14.1 Å². The van der Waals surface area contributed by atoms with Gasteiger partial charge in [-0.3, -0.25) is 4.57 Å². The Morgan fingerprint density at radius 3 is 2.36 bits per heavy atom. The Morgan fingerprint density at radius 2 is 2.00 bits per heavy atom. The third-order valence-electron chi connectivity index (χ3n) is 1.49. The first kappa shape index (κ1) is 13.4. The SMILES string of the molecule is CCOC(=O)C(=CCP(=O)(O)O)CC. The summed E-state index contributed by atoms with van der Waals surface area (Å²) in [6.07, 6.45) is 1.21. The van der Waals surface area contributed by atoms with Gasteiger partial charge in [-0.25, -0.2) is 4.79 Å². The van der Waals surface area contributed by atoms with Crippen LogP contribution in [0.15, 0.2) is 11.6 Å². The molecule has 0 aliphatic heterocycles. The first-order valence-corrected chi connectivity index (χ1v) is 6.11. The minimum atomic E-state index is -4.08. The van der Waals surface area contributed by atoms with Gasteiger partial charge in [-0.05, 0) is 13.3 Å². The molecule has 14 heavy (non-hydrogen) atoms. The summed E-state index contributed by atoms with van der Waals surface area (Å²) in [6.45, 7) is 3.66. The van der Waals surface area contributed by atoms with E-state index in [9.17, 15) is 9.36 Å². The van der Waals surface area contributed by atoms with Crippen molar-refractivity contribution < 1.29 is 23.9 Å². The minimum absolute atomic E-state index is 0.256. The Kier molecular flexibility index (Phi) is 5.69. The second-order valence-corrected chi connectivity index (χ2v) is 4.35. The Bertz CT molecular complexity index is 265. The van der Waals surface area contributed by atoms with Crippen LogP contribution in [0, 0.1) is 0 Å². The van der Waals surface area contributed by atoms with Crippen molar-refractivity contribution >= 4 is 13.6 Å². The second-order valence-electron chi connectivity index (χ2n) is 2.65. The van der Waals surface area contributed by atoms with E-state index in [0.717, 1.165) is 0 Å². The molecule has 0 amide bonds. The van der Waals surface area contributed by atoms with Gasteiger partial charge in [0.25, 0.3) is 0 Å². The van der Waals surface area contributed by atoms with Gasteiger partial charge in [-0.1, -0.05) is 13.0 Å². The molecule has 0 radical (unpaired) electrons. The van der Waals surface area contributed by atoms with Gasteiger partial charge >= 0.3 is 13.6 Å². The maximum absolute atomic E-state index is 11.1. The predicted octanol–water partition coefficient (Wildman–Crippen LogP) is 1.06. The molecule has 6 heteroatoms. The molecular formula is C8H15O5P. The molecule has 5 nitrogen and oxygen atoms in total. The van der Waals surface area contributed by atoms with E-state index >= 15 is 0 Å². The van der Waals surface area contributed by atoms with Gasteiger partial charge in [-0.2, -0.15) is 0 Å². The van der Waals surface area contributed by atoms with Gasteiger partial charge in [0.1, 0.15) is 0 Å². The normalized spacial score (nSPS) is 12.7. The van der Waals surface area contributed by atoms with Gasteiger partial charge in [0.05, 0.1) is 12.8 Å². The van der Waals surface area contributed by atoms with Gasteiger partial charge in [0.2, 0.25) is 0 Å². The van der Waals surface area contributed by atoms with Crippen molar-refractivity contribution in [1.29, 1.82) is 0 Å². The van der Waals surface area contributed by atoms with Crippen molar-refractivity contribution in [2.45, 2.75) is 20.3 Å². The molecule has 0 unspecified atom stereocenters. The number of esters is 1. The first-order chi connectivity index (χ1) is 6.40. The number of hydrogen-bond donors (Lipinski definition) is 2. The number of ether oxygens (including phenoxy) is 1. The van der Waals surface area contributed by atoms with Crippen molar-refractivity contribution in [2.24, 2.45) is 0 Å². The van der Waals surface area contributed by atoms with E-state index in [1.165, 1.54) is 6.08 Å². The lowest BCUT2D eigenvalue weighted by atomic mass is 10.2. The fourth-order valence-corrected chi connectivity index (χ4v) is 1.28. The van der Waals surface area contributed by atoms with Crippen molar-refractivity contribution in [1.82, 2.24) is 0 Å². The molecule has 0 aliphatic rings. The van der Waals surface area contributed by atoms with Crippen LogP contribution in [0.25, 0.3) is 0 Å². The number of allylic oxidation sites excluding steroid dienone is 1. The van der Waals surface area contributed by atoms with E-state index in [2.05, 4.69) is 0 Å². The van der Waals surface area contributed by atoms with E-state index in [1.807, 2.05) is 0 Å². The lowest BCUT2D eigenvalue weighted by molar-refractivity contribution is -0.138. The van der Waals surface area contributed by atoms with E-state index in [1.54, 1.807) is 13.8 Å². The lowest BCUT2D eigenvalue weighted by Crippen LogP contribution is -2.07. The number of rotatable bonds is 5. The number of carbonyl (C=O) groups excluding carboxylic acids is 1. The van der Waals surface area contributed by atoms with Gasteiger partial charge in [-0.15, -0.1) is 0 Å². The molecular weight excluding hydrogens is 207 g/mol. The zero-order chi connectivity index (χ0) is 11.2. The van der Waals surface area contributed by atoms with E-state index in [4.69, 9.17) is 14.5 Å². The largest absolute Gasteiger partial charge is 0.463 e. The summed E-state index contributed by atoms with van der Waals surface area (Å²) < 4.78 is 15.2. The molecule has 0 fully saturated rings. The number of carbonyl (C=O) groups is 1. The Labute approximate surface area is 82.9 Å². The van der Waals surface area contributed by atoms with Crippen LogP contribution in [0.4, 0.5) is 0 Å². The number of hydrogen-bond acceptors (Lipinski definition) is 3. The predicted molar refractivity (Wildman–Crippen MR) is 51.9 cm³/mol. The highest BCUT2D eigenvalue weighted by molar-refractivity contribution is 7.51. The molecule has 0 aromatic carbocycles. The standard InChI is InChI=1S/C8H15O5P/c1-3-7(8(9)13-4-2)5-6-14(10,11)12/h5H,3-4,6H2,1-2H3,(H2,10,11,12). The molecule has 0 atom stereocenters. The molecule has 0 bridgehead atoms. The third-order valence-corrected chi connectivity index (χ3v) is 2.15. The van der Waals surface area contributed by atoms with Crippen LogP contribution in [0.5, 0.6) is 0 Å². The summed E-state index contributed by atoms with van der Waals surface area (Å²) in [5, 5.41) is 0. The van der Waals surface area contributed by atoms with E-state index in [0.29, 0.717) is 12.0 Å². The van der Waals surface area contributed by atoms with Gasteiger partial charge in [0.15, 0.2) is 0 Å². The molecule has 0 heterocycles. The van der Waals surface area contributed by atoms with Gasteiger partial charge < -0.3 is 14.5 Å². The first-order valence-electron chi connectivity index (χ1n) is 4.31. The van der Waals surface area contributed by atoms with Crippen LogP contribution < -0.4 is 0 Å². The molecule has 0 aromatic heterocycles. The summed E-state index contributed by atoms with van der Waals surface area (Å²) in [5.74, 6) is -0.511. The molecule has 0 rings (SSSR count). The van der Waals surface area contributed by atoms with E-state index < -0.39 is 19.7 Å². The second kappa shape index (κ2) is 5.96. The smallest absolute Gasteiger partial charge is 0.333 e. The molecule has 0 spiro atoms. The highest BCUT2D eigenvalue weighted by Gasteiger charge is 2.13. The fourth-order valence-electron chi connectivity index (χ4n) is 0.825. The fraction of sp³-hybridized carbons (Fsp3) is 0.625. The van der Waals surface area contributed by atoms with E-state index in [-0.39, 0.29) is 6.61 Å². The average Bonchev–Trinajstić information content (AvgIpc) is 2.03. The van der Waals surface area contributed by atoms with Gasteiger partial charge in [0, 0.05) is 5.57 Å². The topological polar surface area (TPSA) is 83.8 Å². The van der Waals surface area contributed by atoms with Crippen LogP contribution >= 0.6 is 7.60 Å². The quantitative estimate of drug-likeness (QED) is 0.413. The van der Waals surface area contributed by atoms with Crippen LogP contribution in [0.1, 0.15) is 20.3 Å². The third kappa shape index (κ3) is 5.91. The lowest BCUT2D eigenvalue weighted by Gasteiger charge is -2.04. The Balaban J connectivity index is 4.40. The van der Waals surface area contributed by atoms with Crippen molar-refractivity contribution in [2.75, 3.05) is 12.8 Å². The molecule has 82 valence electrons. The van der Waals surface area contributed by atoms with Crippen LogP contribution in [-0.4, -0.2) is 28.5 Å². The zero-order valence-electron chi connectivity index (χ0n) is 8.27. The minimum Gasteiger partial charge on any atom is -0.463 e. The summed E-state index contributed by atoms with van der Waals surface area (Å²) in [7, 11) is -4.08. The highest BCUT2D eigenvalue weighted by Crippen LogP contribution is 2.34.